The number of Topliss-reactive ketones (excluding diaryl/α,β-unsaturated/α-hetero) is 1. The second kappa shape index (κ2) is 18.9. The Morgan fingerprint density at radius 2 is 1.72 bits per heavy atom. The van der Waals surface area contributed by atoms with Gasteiger partial charge in [-0.3, -0.25) is 14.4 Å². The summed E-state index contributed by atoms with van der Waals surface area (Å²) in [6.45, 7) is 10.8. The molecule has 2 fully saturated rings. The SMILES string of the molecule is C=Cc1cc(C(=O)Cc2ccc(C(=N)CC(=O)OC[C@H]3NC[C@H](O)[C@@H]3O)cc2)c(-c2ccc(C(=O)NCC3CC3)nc2C(=O)OC(C)OC(=O)OC(C)C)cc1C. The fourth-order valence-corrected chi connectivity index (χ4v) is 6.12. The number of esters is 2. The standard InChI is InChI=1S/C42H48N4O11/c1-6-27-17-31(35(47)16-25-9-11-28(12-10-25)32(43)18-37(49)54-21-34-39(50)36(48)20-44-34)30(15-23(27)4)29-13-14-33(40(51)45-19-26-7-8-26)46-38(29)41(52)56-24(5)57-42(53)55-22(2)3/h6,9-15,17,22,24,26,34,36,39,43-44,48,50H,1,7-8,16,18-21H2,2-5H3,(H,45,51)/t24?,34-,36+,39-/m1/s1. The first-order chi connectivity index (χ1) is 27.1. The van der Waals surface area contributed by atoms with Gasteiger partial charge in [-0.1, -0.05) is 43.0 Å². The van der Waals surface area contributed by atoms with Gasteiger partial charge in [0.05, 0.1) is 30.8 Å². The van der Waals surface area contributed by atoms with Crippen molar-refractivity contribution in [3.05, 3.63) is 94.3 Å². The number of benzene rings is 2. The van der Waals surface area contributed by atoms with E-state index >= 15 is 0 Å². The van der Waals surface area contributed by atoms with E-state index in [0.717, 1.165) is 18.4 Å². The summed E-state index contributed by atoms with van der Waals surface area (Å²) in [4.78, 5) is 69.8. The van der Waals surface area contributed by atoms with Gasteiger partial charge in [0, 0.05) is 43.3 Å². The third-order valence-electron chi connectivity index (χ3n) is 9.46. The summed E-state index contributed by atoms with van der Waals surface area (Å²) < 4.78 is 20.7. The maximum atomic E-state index is 14.1. The smallest absolute Gasteiger partial charge is 0.464 e. The fraction of sp³-hybridized carbons (Fsp3) is 0.405. The number of rotatable bonds is 17. The van der Waals surface area contributed by atoms with Crippen molar-refractivity contribution in [2.24, 2.45) is 5.92 Å². The molecule has 1 unspecified atom stereocenters. The molecular formula is C42H48N4O11. The number of carbonyl (C=O) groups is 5. The number of nitrogens with one attached hydrogen (secondary N) is 3. The van der Waals surface area contributed by atoms with Crippen LogP contribution in [0.25, 0.3) is 17.2 Å². The lowest BCUT2D eigenvalue weighted by Crippen LogP contribution is -2.37. The van der Waals surface area contributed by atoms with Crippen molar-refractivity contribution in [1.82, 2.24) is 15.6 Å². The van der Waals surface area contributed by atoms with Crippen LogP contribution < -0.4 is 10.6 Å². The van der Waals surface area contributed by atoms with Crippen molar-refractivity contribution in [2.75, 3.05) is 19.7 Å². The van der Waals surface area contributed by atoms with Gasteiger partial charge >= 0.3 is 18.1 Å². The zero-order valence-electron chi connectivity index (χ0n) is 32.3. The first kappa shape index (κ1) is 42.4. The molecule has 1 aromatic heterocycles. The highest BCUT2D eigenvalue weighted by Gasteiger charge is 2.34. The monoisotopic (exact) mass is 784 g/mol. The quantitative estimate of drug-likeness (QED) is 0.0424. The molecule has 57 heavy (non-hydrogen) atoms. The molecule has 4 atom stereocenters. The number of carbonyl (C=O) groups excluding carboxylic acids is 5. The third kappa shape index (κ3) is 11.4. The van der Waals surface area contributed by atoms with Crippen LogP contribution in [0.5, 0.6) is 0 Å². The molecule has 0 spiro atoms. The number of aliphatic hydroxyl groups excluding tert-OH is 2. The van der Waals surface area contributed by atoms with Gasteiger partial charge in [-0.2, -0.15) is 0 Å². The number of aromatic nitrogens is 1. The fourth-order valence-electron chi connectivity index (χ4n) is 6.12. The van der Waals surface area contributed by atoms with E-state index in [1.165, 1.54) is 19.1 Å². The van der Waals surface area contributed by atoms with Crippen LogP contribution in [-0.2, 0) is 30.2 Å². The number of aliphatic hydroxyl groups is 2. The average Bonchev–Trinajstić information content (AvgIpc) is 3.95. The first-order valence-corrected chi connectivity index (χ1v) is 18.7. The maximum absolute atomic E-state index is 14.1. The number of ether oxygens (including phenoxy) is 4. The van der Waals surface area contributed by atoms with Gasteiger partial charge in [0.15, 0.2) is 11.5 Å². The van der Waals surface area contributed by atoms with E-state index in [9.17, 15) is 34.2 Å². The van der Waals surface area contributed by atoms with Crippen LogP contribution in [0.2, 0.25) is 0 Å². The van der Waals surface area contributed by atoms with Crippen molar-refractivity contribution in [2.45, 2.75) is 84.0 Å². The van der Waals surface area contributed by atoms with Gasteiger partial charge in [-0.15, -0.1) is 0 Å². The molecule has 5 rings (SSSR count). The highest BCUT2D eigenvalue weighted by atomic mass is 16.8. The number of ketones is 1. The number of pyridine rings is 1. The minimum Gasteiger partial charge on any atom is -0.464 e. The van der Waals surface area contributed by atoms with Crippen molar-refractivity contribution in [3.63, 3.8) is 0 Å². The maximum Gasteiger partial charge on any atom is 0.511 e. The summed E-state index contributed by atoms with van der Waals surface area (Å²) in [6, 6.07) is 12.3. The van der Waals surface area contributed by atoms with Gasteiger partial charge in [-0.05, 0) is 85.5 Å². The van der Waals surface area contributed by atoms with E-state index in [4.69, 9.17) is 24.4 Å². The van der Waals surface area contributed by atoms with Crippen LogP contribution in [0.1, 0.15) is 93.6 Å². The molecule has 1 aliphatic carbocycles. The highest BCUT2D eigenvalue weighted by Crippen LogP contribution is 2.32. The van der Waals surface area contributed by atoms with Crippen molar-refractivity contribution in [3.8, 4) is 11.1 Å². The number of β-amino-alcohol motifs (C(OH)–C–C–N with tert-alkyl or cyclic N) is 1. The van der Waals surface area contributed by atoms with Crippen molar-refractivity contribution >= 4 is 41.6 Å². The largest absolute Gasteiger partial charge is 0.511 e. The molecule has 0 bridgehead atoms. The Hall–Kier alpha value is -5.77. The molecule has 1 amide bonds. The minimum absolute atomic E-state index is 0.0117. The van der Waals surface area contributed by atoms with E-state index in [1.807, 2.05) is 6.92 Å². The summed E-state index contributed by atoms with van der Waals surface area (Å²) in [5.41, 5.74) is 2.88. The molecule has 2 aromatic carbocycles. The lowest BCUT2D eigenvalue weighted by molar-refractivity contribution is -0.143. The molecule has 3 aromatic rings. The topological polar surface area (TPSA) is 224 Å². The Bertz CT molecular complexity index is 2030. The molecule has 302 valence electrons. The second-order valence-electron chi connectivity index (χ2n) is 14.4. The number of hydrogen-bond donors (Lipinski definition) is 5. The third-order valence-corrected chi connectivity index (χ3v) is 9.46. The Labute approximate surface area is 330 Å². The minimum atomic E-state index is -1.38. The Morgan fingerprint density at radius 1 is 1.00 bits per heavy atom. The van der Waals surface area contributed by atoms with Gasteiger partial charge in [0.25, 0.3) is 5.91 Å². The molecule has 1 aliphatic heterocycles. The molecule has 2 aliphatic rings. The molecule has 2 heterocycles. The van der Waals surface area contributed by atoms with Gasteiger partial charge in [0.1, 0.15) is 12.3 Å². The molecule has 5 N–H and O–H groups in total. The van der Waals surface area contributed by atoms with Gasteiger partial charge < -0.3 is 45.2 Å². The summed E-state index contributed by atoms with van der Waals surface area (Å²) in [5.74, 6) is -2.10. The Kier molecular flexibility index (Phi) is 14.1. The molecule has 1 saturated heterocycles. The van der Waals surface area contributed by atoms with Crippen LogP contribution >= 0.6 is 0 Å². The first-order valence-electron chi connectivity index (χ1n) is 18.7. The lowest BCUT2D eigenvalue weighted by Gasteiger charge is -2.18. The van der Waals surface area contributed by atoms with Gasteiger partial charge in [-0.25, -0.2) is 14.6 Å². The molecule has 15 nitrogen and oxygen atoms in total. The van der Waals surface area contributed by atoms with E-state index < -0.39 is 54.6 Å². The summed E-state index contributed by atoms with van der Waals surface area (Å²) in [6.07, 6.45) is -1.68. The van der Waals surface area contributed by atoms with Crippen LogP contribution in [0.4, 0.5) is 4.79 Å². The van der Waals surface area contributed by atoms with Crippen molar-refractivity contribution in [1.29, 1.82) is 5.41 Å². The Morgan fingerprint density at radius 3 is 2.35 bits per heavy atom. The number of hydrogen-bond acceptors (Lipinski definition) is 14. The van der Waals surface area contributed by atoms with E-state index in [1.54, 1.807) is 56.3 Å². The van der Waals surface area contributed by atoms with E-state index in [0.29, 0.717) is 34.7 Å². The average molecular weight is 785 g/mol. The van der Waals surface area contributed by atoms with Crippen LogP contribution in [-0.4, -0.2) is 101 Å². The second-order valence-corrected chi connectivity index (χ2v) is 14.4. The molecule has 15 heteroatoms. The zero-order chi connectivity index (χ0) is 41.4. The van der Waals surface area contributed by atoms with Crippen LogP contribution in [0, 0.1) is 18.3 Å². The lowest BCUT2D eigenvalue weighted by atomic mass is 9.89. The number of nitrogens with zero attached hydrogens (tertiary/aromatic N) is 1. The normalized spacial score (nSPS) is 18.0. The Balaban J connectivity index is 1.37. The molecular weight excluding hydrogens is 736 g/mol. The molecule has 1 saturated carbocycles. The summed E-state index contributed by atoms with van der Waals surface area (Å²) >= 11 is 0. The summed E-state index contributed by atoms with van der Waals surface area (Å²) in [5, 5.41) is 33.7. The molecule has 0 radical (unpaired) electrons. The van der Waals surface area contributed by atoms with E-state index in [-0.39, 0.29) is 60.0 Å². The predicted octanol–water partition coefficient (Wildman–Crippen LogP) is 4.32. The predicted molar refractivity (Wildman–Crippen MR) is 208 cm³/mol. The zero-order valence-corrected chi connectivity index (χ0v) is 32.3. The van der Waals surface area contributed by atoms with Crippen molar-refractivity contribution < 1.29 is 53.1 Å². The highest BCUT2D eigenvalue weighted by molar-refractivity contribution is 6.09. The van der Waals surface area contributed by atoms with Crippen LogP contribution in [0.3, 0.4) is 0 Å². The van der Waals surface area contributed by atoms with Crippen LogP contribution in [0.15, 0.2) is 55.1 Å². The van der Waals surface area contributed by atoms with Gasteiger partial charge in [0.2, 0.25) is 6.29 Å². The number of amides is 1. The summed E-state index contributed by atoms with van der Waals surface area (Å²) in [7, 11) is 0. The number of aryl methyl sites for hydroxylation is 1. The van der Waals surface area contributed by atoms with E-state index in [2.05, 4.69) is 22.2 Å².